The molecule has 0 aliphatic carbocycles. The quantitative estimate of drug-likeness (QED) is 0.901. The highest BCUT2D eigenvalue weighted by molar-refractivity contribution is 5.87. The fraction of sp³-hybridized carbons (Fsp3) is 0.0714. The van der Waals surface area contributed by atoms with E-state index in [-0.39, 0.29) is 12.2 Å². The van der Waals surface area contributed by atoms with Gasteiger partial charge in [-0.2, -0.15) is 0 Å². The molecule has 0 fully saturated rings. The summed E-state index contributed by atoms with van der Waals surface area (Å²) in [5.41, 5.74) is 0.401. The van der Waals surface area contributed by atoms with Crippen molar-refractivity contribution in [2.24, 2.45) is 0 Å². The van der Waals surface area contributed by atoms with Crippen LogP contribution in [0.4, 0.5) is 4.39 Å². The molecule has 0 saturated heterocycles. The monoisotopic (exact) mass is 246 g/mol. The smallest absolute Gasteiger partial charge is 0.335 e. The van der Waals surface area contributed by atoms with E-state index < -0.39 is 11.8 Å². The van der Waals surface area contributed by atoms with Gasteiger partial charge in [0.2, 0.25) is 0 Å². The molecule has 0 aliphatic heterocycles. The molecule has 0 atom stereocenters. The van der Waals surface area contributed by atoms with Crippen molar-refractivity contribution < 1.29 is 19.0 Å². The van der Waals surface area contributed by atoms with Gasteiger partial charge in [-0.1, -0.05) is 18.2 Å². The van der Waals surface area contributed by atoms with Crippen molar-refractivity contribution in [2.45, 2.75) is 6.61 Å². The van der Waals surface area contributed by atoms with E-state index in [0.29, 0.717) is 11.3 Å². The fourth-order valence-corrected chi connectivity index (χ4v) is 1.54. The number of hydrogen-bond acceptors (Lipinski definition) is 2. The normalized spacial score (nSPS) is 10.1. The fourth-order valence-electron chi connectivity index (χ4n) is 1.54. The number of ether oxygens (including phenoxy) is 1. The van der Waals surface area contributed by atoms with Crippen LogP contribution in [0.1, 0.15) is 15.9 Å². The number of carboxylic acid groups (broad SMARTS) is 1. The maximum absolute atomic E-state index is 13.2. The minimum atomic E-state index is -1.16. The highest BCUT2D eigenvalue weighted by Crippen LogP contribution is 2.14. The lowest BCUT2D eigenvalue weighted by molar-refractivity contribution is 0.0696. The van der Waals surface area contributed by atoms with E-state index in [1.807, 2.05) is 18.2 Å². The molecule has 1 N–H and O–H groups in total. The molecule has 18 heavy (non-hydrogen) atoms. The third-order valence-electron chi connectivity index (χ3n) is 2.35. The van der Waals surface area contributed by atoms with Gasteiger partial charge in [0.15, 0.2) is 0 Å². The highest BCUT2D eigenvalue weighted by atomic mass is 19.1. The third-order valence-corrected chi connectivity index (χ3v) is 2.35. The standard InChI is InChI=1S/C14H11FO3/c15-12-7-10(6-11(8-12)14(16)17)9-18-13-4-2-1-3-5-13/h1-8H,9H2,(H,16,17). The molecule has 0 bridgehead atoms. The summed E-state index contributed by atoms with van der Waals surface area (Å²) in [6.07, 6.45) is 0. The van der Waals surface area contributed by atoms with Crippen molar-refractivity contribution in [3.63, 3.8) is 0 Å². The van der Waals surface area contributed by atoms with E-state index in [0.717, 1.165) is 6.07 Å². The van der Waals surface area contributed by atoms with Crippen LogP contribution in [0.5, 0.6) is 5.75 Å². The molecule has 0 saturated carbocycles. The van der Waals surface area contributed by atoms with E-state index >= 15 is 0 Å². The summed E-state index contributed by atoms with van der Waals surface area (Å²) in [7, 11) is 0. The van der Waals surface area contributed by atoms with Crippen LogP contribution in [-0.2, 0) is 6.61 Å². The van der Waals surface area contributed by atoms with Gasteiger partial charge >= 0.3 is 5.97 Å². The summed E-state index contributed by atoms with van der Waals surface area (Å²) in [6, 6.07) is 12.7. The molecule has 2 aromatic rings. The van der Waals surface area contributed by atoms with Crippen molar-refractivity contribution in [1.29, 1.82) is 0 Å². The summed E-state index contributed by atoms with van der Waals surface area (Å²) >= 11 is 0. The number of hydrogen-bond donors (Lipinski definition) is 1. The van der Waals surface area contributed by atoms with E-state index in [9.17, 15) is 9.18 Å². The van der Waals surface area contributed by atoms with Crippen molar-refractivity contribution in [2.75, 3.05) is 0 Å². The minimum Gasteiger partial charge on any atom is -0.489 e. The molecule has 0 unspecified atom stereocenters. The van der Waals surface area contributed by atoms with Gasteiger partial charge in [-0.15, -0.1) is 0 Å². The Morgan fingerprint density at radius 3 is 2.56 bits per heavy atom. The summed E-state index contributed by atoms with van der Waals surface area (Å²) in [5, 5.41) is 8.81. The first-order valence-electron chi connectivity index (χ1n) is 5.36. The Morgan fingerprint density at radius 1 is 1.17 bits per heavy atom. The van der Waals surface area contributed by atoms with Crippen LogP contribution in [-0.4, -0.2) is 11.1 Å². The van der Waals surface area contributed by atoms with Crippen molar-refractivity contribution in [3.8, 4) is 5.75 Å². The zero-order chi connectivity index (χ0) is 13.0. The van der Waals surface area contributed by atoms with Crippen molar-refractivity contribution in [3.05, 3.63) is 65.5 Å². The molecule has 0 radical (unpaired) electrons. The van der Waals surface area contributed by atoms with Crippen LogP contribution in [0.25, 0.3) is 0 Å². The average Bonchev–Trinajstić information content (AvgIpc) is 2.37. The second kappa shape index (κ2) is 5.31. The number of aromatic carboxylic acids is 1. The van der Waals surface area contributed by atoms with Gasteiger partial charge in [0.1, 0.15) is 18.2 Å². The van der Waals surface area contributed by atoms with Crippen molar-refractivity contribution in [1.82, 2.24) is 0 Å². The van der Waals surface area contributed by atoms with E-state index in [1.54, 1.807) is 12.1 Å². The largest absolute Gasteiger partial charge is 0.489 e. The van der Waals surface area contributed by atoms with Gasteiger partial charge in [-0.05, 0) is 35.9 Å². The summed E-state index contributed by atoms with van der Waals surface area (Å²) in [4.78, 5) is 10.8. The highest BCUT2D eigenvalue weighted by Gasteiger charge is 2.07. The molecule has 0 heterocycles. The van der Waals surface area contributed by atoms with Gasteiger partial charge < -0.3 is 9.84 Å². The van der Waals surface area contributed by atoms with Crippen LogP contribution in [0.15, 0.2) is 48.5 Å². The maximum atomic E-state index is 13.2. The second-order valence-corrected chi connectivity index (χ2v) is 3.76. The van der Waals surface area contributed by atoms with Gasteiger partial charge in [-0.25, -0.2) is 9.18 Å². The van der Waals surface area contributed by atoms with Crippen LogP contribution in [0.3, 0.4) is 0 Å². The number of benzene rings is 2. The Morgan fingerprint density at radius 2 is 1.89 bits per heavy atom. The zero-order valence-electron chi connectivity index (χ0n) is 9.47. The molecule has 0 aromatic heterocycles. The number of para-hydroxylation sites is 1. The molecule has 3 nitrogen and oxygen atoms in total. The van der Waals surface area contributed by atoms with Gasteiger partial charge in [0, 0.05) is 0 Å². The lowest BCUT2D eigenvalue weighted by Crippen LogP contribution is -2.01. The maximum Gasteiger partial charge on any atom is 0.335 e. The molecule has 2 rings (SSSR count). The van der Waals surface area contributed by atoms with Crippen LogP contribution in [0, 0.1) is 5.82 Å². The summed E-state index contributed by atoms with van der Waals surface area (Å²) in [6.45, 7) is 0.127. The van der Waals surface area contributed by atoms with Crippen molar-refractivity contribution >= 4 is 5.97 Å². The molecular formula is C14H11FO3. The minimum absolute atomic E-state index is 0.0818. The van der Waals surface area contributed by atoms with Crippen LogP contribution >= 0.6 is 0 Å². The van der Waals surface area contributed by atoms with Crippen LogP contribution in [0.2, 0.25) is 0 Å². The first kappa shape index (κ1) is 12.1. The average molecular weight is 246 g/mol. The predicted molar refractivity (Wildman–Crippen MR) is 64.1 cm³/mol. The topological polar surface area (TPSA) is 46.5 Å². The Bertz CT molecular complexity index is 552. The van der Waals surface area contributed by atoms with Gasteiger partial charge in [0.25, 0.3) is 0 Å². The van der Waals surface area contributed by atoms with E-state index in [2.05, 4.69) is 0 Å². The first-order valence-corrected chi connectivity index (χ1v) is 5.36. The second-order valence-electron chi connectivity index (χ2n) is 3.76. The number of halogens is 1. The summed E-state index contributed by atoms with van der Waals surface area (Å²) in [5.74, 6) is -1.09. The molecule has 0 aliphatic rings. The Hall–Kier alpha value is -2.36. The zero-order valence-corrected chi connectivity index (χ0v) is 9.47. The lowest BCUT2D eigenvalue weighted by Gasteiger charge is -2.07. The van der Waals surface area contributed by atoms with Gasteiger partial charge in [-0.3, -0.25) is 0 Å². The molecule has 4 heteroatoms. The third kappa shape index (κ3) is 3.07. The van der Waals surface area contributed by atoms with E-state index in [4.69, 9.17) is 9.84 Å². The number of rotatable bonds is 4. The lowest BCUT2D eigenvalue weighted by atomic mass is 10.1. The molecule has 2 aromatic carbocycles. The Balaban J connectivity index is 2.12. The Kier molecular flexibility index (Phi) is 3.57. The molecule has 0 spiro atoms. The number of carboxylic acids is 1. The summed E-state index contributed by atoms with van der Waals surface area (Å²) < 4.78 is 18.6. The molecule has 92 valence electrons. The van der Waals surface area contributed by atoms with E-state index in [1.165, 1.54) is 12.1 Å². The van der Waals surface area contributed by atoms with Gasteiger partial charge in [0.05, 0.1) is 5.56 Å². The predicted octanol–water partition coefficient (Wildman–Crippen LogP) is 3.10. The molecular weight excluding hydrogens is 235 g/mol. The number of carbonyl (C=O) groups is 1. The SMILES string of the molecule is O=C(O)c1cc(F)cc(COc2ccccc2)c1. The first-order chi connectivity index (χ1) is 8.65. The van der Waals surface area contributed by atoms with Crippen LogP contribution < -0.4 is 4.74 Å². The Labute approximate surface area is 103 Å². The molecule has 0 amide bonds.